The molecule has 0 aliphatic rings. The molecule has 0 bridgehead atoms. The van der Waals surface area contributed by atoms with Gasteiger partial charge in [-0.15, -0.1) is 11.3 Å². The molecule has 0 aliphatic heterocycles. The van der Waals surface area contributed by atoms with Gasteiger partial charge in [-0.2, -0.15) is 0 Å². The molecule has 1 aromatic heterocycles. The third kappa shape index (κ3) is 6.22. The number of ether oxygens (including phenoxy) is 1. The van der Waals surface area contributed by atoms with Crippen molar-refractivity contribution >= 4 is 23.2 Å². The van der Waals surface area contributed by atoms with Gasteiger partial charge in [-0.1, -0.05) is 42.0 Å². The molecule has 29 heavy (non-hydrogen) atoms. The SMILES string of the molecule is Cc1cccc(-c2nc(CC(=O)OCC(=O)NCCc3ccccc3F)cs2)c1. The first-order valence-electron chi connectivity index (χ1n) is 9.18. The van der Waals surface area contributed by atoms with E-state index in [0.29, 0.717) is 17.7 Å². The number of esters is 1. The fraction of sp³-hybridized carbons (Fsp3) is 0.227. The number of thiazole rings is 1. The van der Waals surface area contributed by atoms with Crippen molar-refractivity contribution in [3.05, 3.63) is 76.5 Å². The van der Waals surface area contributed by atoms with Crippen LogP contribution in [0, 0.1) is 12.7 Å². The molecule has 0 radical (unpaired) electrons. The molecule has 1 heterocycles. The standard InChI is InChI=1S/C22H21FN2O3S/c1-15-5-4-7-17(11-15)22-25-18(14-29-22)12-21(27)28-13-20(26)24-10-9-16-6-2-3-8-19(16)23/h2-8,11,14H,9-10,12-13H2,1H3,(H,24,26). The van der Waals surface area contributed by atoms with E-state index in [0.717, 1.165) is 16.1 Å². The number of carbonyl (C=O) groups excluding carboxylic acids is 2. The number of nitrogens with zero attached hydrogens (tertiary/aromatic N) is 1. The molecule has 3 rings (SSSR count). The lowest BCUT2D eigenvalue weighted by atomic mass is 10.1. The lowest BCUT2D eigenvalue weighted by molar-refractivity contribution is -0.147. The highest BCUT2D eigenvalue weighted by atomic mass is 32.1. The molecule has 150 valence electrons. The van der Waals surface area contributed by atoms with Crippen LogP contribution in [0.1, 0.15) is 16.8 Å². The van der Waals surface area contributed by atoms with Gasteiger partial charge in [-0.25, -0.2) is 9.37 Å². The van der Waals surface area contributed by atoms with Gasteiger partial charge in [0.1, 0.15) is 10.8 Å². The summed E-state index contributed by atoms with van der Waals surface area (Å²) in [5.41, 5.74) is 3.28. The maximum atomic E-state index is 13.5. The first-order chi connectivity index (χ1) is 14.0. The molecule has 3 aromatic rings. The van der Waals surface area contributed by atoms with Crippen LogP contribution in [-0.2, 0) is 27.2 Å². The Morgan fingerprint density at radius 2 is 2.00 bits per heavy atom. The number of rotatable bonds is 8. The Balaban J connectivity index is 1.41. The van der Waals surface area contributed by atoms with Gasteiger partial charge in [0.05, 0.1) is 12.1 Å². The minimum Gasteiger partial charge on any atom is -0.455 e. The van der Waals surface area contributed by atoms with Crippen LogP contribution < -0.4 is 5.32 Å². The quantitative estimate of drug-likeness (QED) is 0.573. The molecule has 0 saturated heterocycles. The Hall–Kier alpha value is -3.06. The zero-order chi connectivity index (χ0) is 20.6. The van der Waals surface area contributed by atoms with E-state index >= 15 is 0 Å². The van der Waals surface area contributed by atoms with E-state index in [1.807, 2.05) is 36.6 Å². The van der Waals surface area contributed by atoms with E-state index in [9.17, 15) is 14.0 Å². The van der Waals surface area contributed by atoms with Crippen LogP contribution in [0.2, 0.25) is 0 Å². The summed E-state index contributed by atoms with van der Waals surface area (Å²) in [6.45, 7) is 1.91. The molecule has 0 unspecified atom stereocenters. The first-order valence-corrected chi connectivity index (χ1v) is 10.1. The second kappa shape index (κ2) is 9.93. The van der Waals surface area contributed by atoms with Crippen molar-refractivity contribution in [1.82, 2.24) is 10.3 Å². The van der Waals surface area contributed by atoms with Crippen LogP contribution in [-0.4, -0.2) is 30.0 Å². The third-order valence-corrected chi connectivity index (χ3v) is 5.12. The highest BCUT2D eigenvalue weighted by Gasteiger charge is 2.12. The van der Waals surface area contributed by atoms with E-state index < -0.39 is 11.9 Å². The van der Waals surface area contributed by atoms with Crippen LogP contribution in [0.5, 0.6) is 0 Å². The molecule has 0 atom stereocenters. The van der Waals surface area contributed by atoms with E-state index in [4.69, 9.17) is 4.74 Å². The van der Waals surface area contributed by atoms with Gasteiger partial charge in [0.25, 0.3) is 5.91 Å². The summed E-state index contributed by atoms with van der Waals surface area (Å²) in [5, 5.41) is 5.26. The molecule has 1 amide bonds. The number of hydrogen-bond donors (Lipinski definition) is 1. The zero-order valence-corrected chi connectivity index (χ0v) is 16.8. The lowest BCUT2D eigenvalue weighted by Crippen LogP contribution is -2.30. The van der Waals surface area contributed by atoms with Crippen molar-refractivity contribution in [3.63, 3.8) is 0 Å². The van der Waals surface area contributed by atoms with Crippen LogP contribution >= 0.6 is 11.3 Å². The summed E-state index contributed by atoms with van der Waals surface area (Å²) in [7, 11) is 0. The highest BCUT2D eigenvalue weighted by molar-refractivity contribution is 7.13. The lowest BCUT2D eigenvalue weighted by Gasteiger charge is -2.07. The number of halogens is 1. The molecule has 0 saturated carbocycles. The molecule has 2 aromatic carbocycles. The average molecular weight is 412 g/mol. The summed E-state index contributed by atoms with van der Waals surface area (Å²) in [6.07, 6.45) is 0.373. The monoisotopic (exact) mass is 412 g/mol. The molecular formula is C22H21FN2O3S. The van der Waals surface area contributed by atoms with E-state index in [1.165, 1.54) is 17.4 Å². The number of nitrogens with one attached hydrogen (secondary N) is 1. The van der Waals surface area contributed by atoms with Crippen LogP contribution in [0.25, 0.3) is 10.6 Å². The summed E-state index contributed by atoms with van der Waals surface area (Å²) in [6, 6.07) is 14.4. The highest BCUT2D eigenvalue weighted by Crippen LogP contribution is 2.24. The first kappa shape index (κ1) is 20.7. The van der Waals surface area contributed by atoms with Crippen molar-refractivity contribution < 1.29 is 18.7 Å². The molecule has 5 nitrogen and oxygen atoms in total. The Labute approximate surface area is 172 Å². The molecular weight excluding hydrogens is 391 g/mol. The molecule has 0 fully saturated rings. The van der Waals surface area contributed by atoms with E-state index in [1.54, 1.807) is 18.2 Å². The van der Waals surface area contributed by atoms with E-state index in [2.05, 4.69) is 10.3 Å². The zero-order valence-electron chi connectivity index (χ0n) is 16.0. The number of hydrogen-bond acceptors (Lipinski definition) is 5. The second-order valence-corrected chi connectivity index (χ2v) is 7.40. The molecule has 1 N–H and O–H groups in total. The van der Waals surface area contributed by atoms with Gasteiger partial charge in [-0.05, 0) is 31.0 Å². The van der Waals surface area contributed by atoms with Crippen LogP contribution in [0.3, 0.4) is 0 Å². The van der Waals surface area contributed by atoms with Gasteiger partial charge in [0, 0.05) is 17.5 Å². The summed E-state index contributed by atoms with van der Waals surface area (Å²) >= 11 is 1.46. The average Bonchev–Trinajstić information content (AvgIpc) is 3.16. The Morgan fingerprint density at radius 1 is 1.17 bits per heavy atom. The maximum Gasteiger partial charge on any atom is 0.312 e. The Bertz CT molecular complexity index is 1000. The number of carbonyl (C=O) groups is 2. The maximum absolute atomic E-state index is 13.5. The van der Waals surface area contributed by atoms with Crippen molar-refractivity contribution in [2.75, 3.05) is 13.2 Å². The topological polar surface area (TPSA) is 68.3 Å². The normalized spacial score (nSPS) is 10.6. The smallest absolute Gasteiger partial charge is 0.312 e. The van der Waals surface area contributed by atoms with Crippen molar-refractivity contribution in [3.8, 4) is 10.6 Å². The van der Waals surface area contributed by atoms with Gasteiger partial charge < -0.3 is 10.1 Å². The summed E-state index contributed by atoms with van der Waals surface area (Å²) < 4.78 is 18.5. The molecule has 0 spiro atoms. The number of aromatic nitrogens is 1. The summed E-state index contributed by atoms with van der Waals surface area (Å²) in [5.74, 6) is -1.25. The fourth-order valence-electron chi connectivity index (χ4n) is 2.73. The van der Waals surface area contributed by atoms with Crippen molar-refractivity contribution in [1.29, 1.82) is 0 Å². The Kier molecular flexibility index (Phi) is 7.08. The van der Waals surface area contributed by atoms with Gasteiger partial charge in [0.15, 0.2) is 6.61 Å². The third-order valence-electron chi connectivity index (χ3n) is 4.18. The minimum atomic E-state index is -0.518. The summed E-state index contributed by atoms with van der Waals surface area (Å²) in [4.78, 5) is 28.2. The Morgan fingerprint density at radius 3 is 2.79 bits per heavy atom. The van der Waals surface area contributed by atoms with Gasteiger partial charge in [-0.3, -0.25) is 9.59 Å². The van der Waals surface area contributed by atoms with Gasteiger partial charge in [0.2, 0.25) is 0 Å². The van der Waals surface area contributed by atoms with Crippen LogP contribution in [0.4, 0.5) is 4.39 Å². The van der Waals surface area contributed by atoms with Crippen molar-refractivity contribution in [2.45, 2.75) is 19.8 Å². The molecule has 7 heteroatoms. The predicted molar refractivity (Wildman–Crippen MR) is 110 cm³/mol. The number of amides is 1. The van der Waals surface area contributed by atoms with Crippen molar-refractivity contribution in [2.24, 2.45) is 0 Å². The second-order valence-electron chi connectivity index (χ2n) is 6.54. The number of benzene rings is 2. The molecule has 0 aliphatic carbocycles. The van der Waals surface area contributed by atoms with Gasteiger partial charge >= 0.3 is 5.97 Å². The number of aryl methyl sites for hydroxylation is 1. The predicted octanol–water partition coefficient (Wildman–Crippen LogP) is 3.70. The largest absolute Gasteiger partial charge is 0.455 e. The fourth-order valence-corrected chi connectivity index (χ4v) is 3.55. The van der Waals surface area contributed by atoms with Crippen LogP contribution in [0.15, 0.2) is 53.9 Å². The van der Waals surface area contributed by atoms with E-state index in [-0.39, 0.29) is 25.4 Å². The minimum absolute atomic E-state index is 0.00478.